The Kier molecular flexibility index (Phi) is 10.5. The molecule has 4 fully saturated rings. The number of benzene rings is 2. The van der Waals surface area contributed by atoms with Crippen LogP contribution in [0.4, 0.5) is 4.79 Å². The summed E-state index contributed by atoms with van der Waals surface area (Å²) in [6, 6.07) is 8.89. The summed E-state index contributed by atoms with van der Waals surface area (Å²) >= 11 is 0. The molecule has 1 aliphatic heterocycles. The quantitative estimate of drug-likeness (QED) is 0.255. The number of nitrogens with zero attached hydrogens (tertiary/aromatic N) is 1. The first-order valence-electron chi connectivity index (χ1n) is 17.8. The van der Waals surface area contributed by atoms with Crippen molar-refractivity contribution < 1.29 is 46.0 Å². The van der Waals surface area contributed by atoms with Crippen molar-refractivity contribution in [1.29, 1.82) is 0 Å². The van der Waals surface area contributed by atoms with Crippen LogP contribution in [-0.2, 0) is 33.6 Å². The summed E-state index contributed by atoms with van der Waals surface area (Å²) in [5.74, 6) is -1.51. The van der Waals surface area contributed by atoms with Crippen LogP contribution in [0.1, 0.15) is 72.1 Å². The molecule has 5 atom stereocenters. The van der Waals surface area contributed by atoms with Crippen LogP contribution >= 0.6 is 0 Å². The average molecular weight is 741 g/mol. The number of fused-ring (bicyclic) bond motifs is 1. The van der Waals surface area contributed by atoms with Gasteiger partial charge in [-0.05, 0) is 80.0 Å². The molecule has 15 heteroatoms. The molecule has 3 N–H and O–H groups in total. The van der Waals surface area contributed by atoms with Crippen molar-refractivity contribution in [3.8, 4) is 11.5 Å². The maximum absolute atomic E-state index is 14.5. The van der Waals surface area contributed by atoms with Gasteiger partial charge >= 0.3 is 16.4 Å². The molecule has 2 aromatic rings. The number of carbonyl (C=O) groups is 4. The topological polar surface area (TPSA) is 179 Å². The molecule has 0 spiro atoms. The first-order valence-corrected chi connectivity index (χ1v) is 19.2. The Morgan fingerprint density at radius 2 is 1.75 bits per heavy atom. The largest absolute Gasteiger partial charge is 0.497 e. The minimum atomic E-state index is -4.41. The van der Waals surface area contributed by atoms with Gasteiger partial charge in [-0.2, -0.15) is 8.42 Å². The van der Waals surface area contributed by atoms with E-state index in [4.69, 9.17) is 18.4 Å². The summed E-state index contributed by atoms with van der Waals surface area (Å²) in [5.41, 5.74) is -2.41. The van der Waals surface area contributed by atoms with Gasteiger partial charge in [0.2, 0.25) is 11.8 Å². The zero-order valence-electron chi connectivity index (χ0n) is 30.0. The molecular formula is C37H48N4O10S. The molecule has 6 rings (SSSR count). The van der Waals surface area contributed by atoms with E-state index in [1.54, 1.807) is 33.9 Å². The summed E-state index contributed by atoms with van der Waals surface area (Å²) in [6.07, 6.45) is 4.11. The van der Waals surface area contributed by atoms with E-state index in [1.165, 1.54) is 11.0 Å². The predicted molar refractivity (Wildman–Crippen MR) is 190 cm³/mol. The number of carbonyl (C=O) groups excluding carboxylic acids is 4. The van der Waals surface area contributed by atoms with E-state index >= 15 is 0 Å². The predicted octanol–water partition coefficient (Wildman–Crippen LogP) is 3.88. The van der Waals surface area contributed by atoms with Gasteiger partial charge in [-0.15, -0.1) is 6.58 Å². The van der Waals surface area contributed by atoms with Crippen molar-refractivity contribution >= 4 is 44.9 Å². The number of ether oxygens (including phenoxy) is 3. The highest BCUT2D eigenvalue weighted by Gasteiger charge is 2.62. The lowest BCUT2D eigenvalue weighted by Crippen LogP contribution is -2.60. The van der Waals surface area contributed by atoms with Crippen molar-refractivity contribution in [3.05, 3.63) is 49.1 Å². The van der Waals surface area contributed by atoms with Crippen molar-refractivity contribution in [2.24, 2.45) is 11.3 Å². The van der Waals surface area contributed by atoms with Crippen molar-refractivity contribution in [1.82, 2.24) is 20.3 Å². The fraction of sp³-hybridized carbons (Fsp3) is 0.568. The summed E-state index contributed by atoms with van der Waals surface area (Å²) in [4.78, 5) is 56.6. The standard InChI is InChI=1S/C37H48N4O10S/c1-6-23-20-37(23,34(44)40-52(46,47)51-25-14-15-25)39-32(42)29-19-27(49-30-13-9-10-22-18-26(48-5)16-17-28(22)30)21-41(29)33(43)31(36(2,3)4)38-35(45)50-24-11-7-8-12-24/h6,9-10,13,16-18,23-25,27,29,31H,1,7-8,11-12,14-15,19-21H2,2-5H3,(H,38,45)(H,39,42)(H,40,44)/t23?,27?,29?,31?,37-/m1/s1. The van der Waals surface area contributed by atoms with E-state index in [2.05, 4.69) is 17.2 Å². The van der Waals surface area contributed by atoms with Crippen molar-refractivity contribution in [2.45, 2.75) is 108 Å². The smallest absolute Gasteiger partial charge is 0.408 e. The van der Waals surface area contributed by atoms with E-state index < -0.39 is 75.3 Å². The van der Waals surface area contributed by atoms with Crippen LogP contribution in [0.5, 0.6) is 11.5 Å². The third-order valence-electron chi connectivity index (χ3n) is 10.2. The van der Waals surface area contributed by atoms with Crippen molar-refractivity contribution in [3.63, 3.8) is 0 Å². The Labute approximate surface area is 304 Å². The third kappa shape index (κ3) is 8.30. The molecule has 2 aromatic carbocycles. The van der Waals surface area contributed by atoms with E-state index in [9.17, 15) is 27.6 Å². The molecule has 1 heterocycles. The van der Waals surface area contributed by atoms with Gasteiger partial charge in [0.25, 0.3) is 5.91 Å². The molecule has 0 bridgehead atoms. The Hall–Kier alpha value is -4.37. The lowest BCUT2D eigenvalue weighted by atomic mass is 9.85. The van der Waals surface area contributed by atoms with Crippen LogP contribution in [0.2, 0.25) is 0 Å². The number of hydrogen-bond acceptors (Lipinski definition) is 10. The highest BCUT2D eigenvalue weighted by atomic mass is 32.2. The second kappa shape index (κ2) is 14.6. The molecule has 0 radical (unpaired) electrons. The molecule has 3 saturated carbocycles. The van der Waals surface area contributed by atoms with E-state index in [0.717, 1.165) is 36.5 Å². The van der Waals surface area contributed by atoms with Gasteiger partial charge in [0.05, 0.1) is 19.8 Å². The molecule has 52 heavy (non-hydrogen) atoms. The number of likely N-dealkylation sites (tertiary alicyclic amines) is 1. The Bertz CT molecular complexity index is 1830. The molecule has 1 saturated heterocycles. The third-order valence-corrected chi connectivity index (χ3v) is 11.2. The lowest BCUT2D eigenvalue weighted by Gasteiger charge is -2.35. The molecule has 0 aromatic heterocycles. The number of amides is 4. The number of methoxy groups -OCH3 is 1. The maximum atomic E-state index is 14.5. The Morgan fingerprint density at radius 1 is 1.02 bits per heavy atom. The average Bonchev–Trinajstić information content (AvgIpc) is 3.92. The fourth-order valence-electron chi connectivity index (χ4n) is 7.05. The molecular weight excluding hydrogens is 692 g/mol. The van der Waals surface area contributed by atoms with Gasteiger partial charge in [0.15, 0.2) is 0 Å². The van der Waals surface area contributed by atoms with Crippen LogP contribution in [0.15, 0.2) is 49.1 Å². The number of alkyl carbamates (subject to hydrolysis) is 1. The monoisotopic (exact) mass is 740 g/mol. The zero-order valence-corrected chi connectivity index (χ0v) is 30.8. The van der Waals surface area contributed by atoms with Crippen molar-refractivity contribution in [2.75, 3.05) is 13.7 Å². The minimum absolute atomic E-state index is 0.0108. The SMILES string of the molecule is C=CC1C[C@]1(NC(=O)C1CC(Oc2cccc3cc(OC)ccc23)CN1C(=O)C(NC(=O)OC1CCCC1)C(C)(C)C)C(=O)NS(=O)(=O)OC1CC1. The van der Waals surface area contributed by atoms with Gasteiger partial charge in [-0.25, -0.2) is 9.52 Å². The van der Waals surface area contributed by atoms with E-state index in [-0.39, 0.29) is 25.5 Å². The molecule has 282 valence electrons. The van der Waals surface area contributed by atoms with Gasteiger partial charge in [0.1, 0.15) is 41.3 Å². The van der Waals surface area contributed by atoms with Crippen LogP contribution in [0.25, 0.3) is 10.8 Å². The van der Waals surface area contributed by atoms with Crippen LogP contribution in [0.3, 0.4) is 0 Å². The Morgan fingerprint density at radius 3 is 2.38 bits per heavy atom. The van der Waals surface area contributed by atoms with Gasteiger partial charge in [-0.3, -0.25) is 18.6 Å². The lowest BCUT2D eigenvalue weighted by molar-refractivity contribution is -0.143. The highest BCUT2D eigenvalue weighted by Crippen LogP contribution is 2.45. The molecule has 3 aliphatic carbocycles. The van der Waals surface area contributed by atoms with E-state index in [0.29, 0.717) is 24.3 Å². The van der Waals surface area contributed by atoms with Gasteiger partial charge < -0.3 is 29.7 Å². The summed E-state index contributed by atoms with van der Waals surface area (Å²) < 4.78 is 49.5. The number of hydrogen-bond donors (Lipinski definition) is 3. The first-order chi connectivity index (χ1) is 24.6. The summed E-state index contributed by atoms with van der Waals surface area (Å²) in [5, 5.41) is 7.20. The van der Waals surface area contributed by atoms with Gasteiger partial charge in [-0.1, -0.05) is 39.0 Å². The zero-order chi connectivity index (χ0) is 37.4. The summed E-state index contributed by atoms with van der Waals surface area (Å²) in [6.45, 7) is 9.15. The molecule has 14 nitrogen and oxygen atoms in total. The number of rotatable bonds is 13. The molecule has 4 amide bonds. The van der Waals surface area contributed by atoms with Crippen LogP contribution in [0, 0.1) is 11.3 Å². The van der Waals surface area contributed by atoms with E-state index in [1.807, 2.05) is 35.1 Å². The second-order valence-electron chi connectivity index (χ2n) is 15.3. The first kappa shape index (κ1) is 37.4. The highest BCUT2D eigenvalue weighted by molar-refractivity contribution is 7.85. The normalized spacial score (nSPS) is 25.2. The fourth-order valence-corrected chi connectivity index (χ4v) is 8.06. The molecule has 4 aliphatic rings. The van der Waals surface area contributed by atoms with Gasteiger partial charge in [0, 0.05) is 17.7 Å². The Balaban J connectivity index is 1.26. The second-order valence-corrected chi connectivity index (χ2v) is 16.6. The molecule has 4 unspecified atom stereocenters. The van der Waals surface area contributed by atoms with Crippen LogP contribution in [-0.4, -0.2) is 86.7 Å². The maximum Gasteiger partial charge on any atom is 0.408 e. The minimum Gasteiger partial charge on any atom is -0.497 e. The summed E-state index contributed by atoms with van der Waals surface area (Å²) in [7, 11) is -2.83. The number of nitrogens with one attached hydrogen (secondary N) is 3. The van der Waals surface area contributed by atoms with Crippen LogP contribution < -0.4 is 24.8 Å².